The van der Waals surface area contributed by atoms with Gasteiger partial charge in [0.25, 0.3) is 0 Å². The highest BCUT2D eigenvalue weighted by Gasteiger charge is 2.33. The van der Waals surface area contributed by atoms with Gasteiger partial charge in [-0.05, 0) is 43.4 Å². The number of rotatable bonds is 4. The number of nitrogens with zero attached hydrogens (tertiary/aromatic N) is 1. The van der Waals surface area contributed by atoms with Gasteiger partial charge in [0.05, 0.1) is 6.10 Å². The van der Waals surface area contributed by atoms with Gasteiger partial charge in [0, 0.05) is 45.4 Å². The van der Waals surface area contributed by atoms with Crippen molar-refractivity contribution in [3.63, 3.8) is 0 Å². The van der Waals surface area contributed by atoms with Crippen LogP contribution in [-0.2, 0) is 15.9 Å². The molecule has 2 atom stereocenters. The van der Waals surface area contributed by atoms with Crippen molar-refractivity contribution in [2.24, 2.45) is 5.92 Å². The fourth-order valence-electron chi connectivity index (χ4n) is 3.85. The van der Waals surface area contributed by atoms with E-state index in [0.29, 0.717) is 18.1 Å². The van der Waals surface area contributed by atoms with Crippen LogP contribution in [0.4, 0.5) is 4.39 Å². The second-order valence-electron chi connectivity index (χ2n) is 6.49. The summed E-state index contributed by atoms with van der Waals surface area (Å²) in [6.07, 6.45) is 4.63. The van der Waals surface area contributed by atoms with Crippen molar-refractivity contribution < 1.29 is 13.9 Å². The van der Waals surface area contributed by atoms with E-state index in [1.54, 1.807) is 12.1 Å². The standard InChI is InChI=1S/C18H26FNO2/c1-21-18-6-9-20(17-7-10-22-11-8-17)13-15(18)12-14-2-4-16(19)5-3-14/h2-5,15,17-18H,6-13H2,1H3/t15-,18-/m1/s1. The van der Waals surface area contributed by atoms with Crippen LogP contribution in [0.3, 0.4) is 0 Å². The lowest BCUT2D eigenvalue weighted by atomic mass is 9.87. The average Bonchev–Trinajstić information content (AvgIpc) is 2.58. The Morgan fingerprint density at radius 1 is 1.18 bits per heavy atom. The summed E-state index contributed by atoms with van der Waals surface area (Å²) in [6, 6.07) is 7.56. The lowest BCUT2D eigenvalue weighted by Gasteiger charge is -2.43. The smallest absolute Gasteiger partial charge is 0.123 e. The van der Waals surface area contributed by atoms with E-state index in [4.69, 9.17) is 9.47 Å². The Morgan fingerprint density at radius 3 is 2.59 bits per heavy atom. The zero-order valence-corrected chi connectivity index (χ0v) is 13.3. The van der Waals surface area contributed by atoms with Crippen LogP contribution < -0.4 is 0 Å². The third kappa shape index (κ3) is 3.86. The highest BCUT2D eigenvalue weighted by atomic mass is 19.1. The number of likely N-dealkylation sites (tertiary alicyclic amines) is 1. The zero-order chi connectivity index (χ0) is 15.4. The minimum Gasteiger partial charge on any atom is -0.381 e. The van der Waals surface area contributed by atoms with Crippen LogP contribution in [0.25, 0.3) is 0 Å². The highest BCUT2D eigenvalue weighted by molar-refractivity contribution is 5.17. The molecule has 1 aromatic carbocycles. The zero-order valence-electron chi connectivity index (χ0n) is 13.3. The lowest BCUT2D eigenvalue weighted by molar-refractivity contribution is -0.0385. The highest BCUT2D eigenvalue weighted by Crippen LogP contribution is 2.27. The normalized spacial score (nSPS) is 27.9. The summed E-state index contributed by atoms with van der Waals surface area (Å²) >= 11 is 0. The first-order valence-corrected chi connectivity index (χ1v) is 8.35. The Kier molecular flexibility index (Phi) is 5.45. The van der Waals surface area contributed by atoms with Gasteiger partial charge in [-0.1, -0.05) is 12.1 Å². The molecule has 0 amide bonds. The molecular formula is C18H26FNO2. The van der Waals surface area contributed by atoms with Gasteiger partial charge in [-0.2, -0.15) is 0 Å². The predicted molar refractivity (Wildman–Crippen MR) is 84.4 cm³/mol. The molecule has 0 radical (unpaired) electrons. The van der Waals surface area contributed by atoms with Gasteiger partial charge in [-0.3, -0.25) is 4.90 Å². The van der Waals surface area contributed by atoms with Crippen molar-refractivity contribution in [1.82, 2.24) is 4.90 Å². The van der Waals surface area contributed by atoms with Crippen molar-refractivity contribution in [2.45, 2.75) is 37.8 Å². The number of ether oxygens (including phenoxy) is 2. The van der Waals surface area contributed by atoms with Gasteiger partial charge >= 0.3 is 0 Å². The number of hydrogen-bond donors (Lipinski definition) is 0. The van der Waals surface area contributed by atoms with E-state index >= 15 is 0 Å². The molecule has 0 spiro atoms. The van der Waals surface area contributed by atoms with Crippen LogP contribution in [0.2, 0.25) is 0 Å². The molecule has 0 saturated carbocycles. The molecular weight excluding hydrogens is 281 g/mol. The molecule has 3 rings (SSSR count). The molecule has 0 unspecified atom stereocenters. The Bertz CT molecular complexity index is 459. The molecule has 0 aromatic heterocycles. The SMILES string of the molecule is CO[C@@H]1CCN(C2CCOCC2)C[C@H]1Cc1ccc(F)cc1. The first-order valence-electron chi connectivity index (χ1n) is 8.35. The minimum atomic E-state index is -0.167. The van der Waals surface area contributed by atoms with Crippen LogP contribution in [-0.4, -0.2) is 50.5 Å². The number of halogens is 1. The van der Waals surface area contributed by atoms with Gasteiger partial charge in [0.1, 0.15) is 5.82 Å². The molecule has 2 fully saturated rings. The third-order valence-corrected chi connectivity index (χ3v) is 5.12. The second kappa shape index (κ2) is 7.53. The number of methoxy groups -OCH3 is 1. The maximum Gasteiger partial charge on any atom is 0.123 e. The average molecular weight is 307 g/mol. The maximum absolute atomic E-state index is 13.1. The summed E-state index contributed by atoms with van der Waals surface area (Å²) < 4.78 is 24.3. The first kappa shape index (κ1) is 15.9. The predicted octanol–water partition coefficient (Wildman–Crippen LogP) is 2.88. The largest absolute Gasteiger partial charge is 0.381 e. The Hall–Kier alpha value is -0.970. The van der Waals surface area contributed by atoms with E-state index < -0.39 is 0 Å². The molecule has 0 N–H and O–H groups in total. The molecule has 0 aliphatic carbocycles. The Balaban J connectivity index is 1.64. The van der Waals surface area contributed by atoms with Crippen LogP contribution in [0.1, 0.15) is 24.8 Å². The van der Waals surface area contributed by atoms with E-state index in [2.05, 4.69) is 4.90 Å². The number of piperidine rings is 1. The van der Waals surface area contributed by atoms with Crippen LogP contribution in [0.15, 0.2) is 24.3 Å². The number of hydrogen-bond acceptors (Lipinski definition) is 3. The molecule has 2 aliphatic heterocycles. The van der Waals surface area contributed by atoms with Crippen molar-refractivity contribution in [3.05, 3.63) is 35.6 Å². The summed E-state index contributed by atoms with van der Waals surface area (Å²) in [5, 5.41) is 0. The van der Waals surface area contributed by atoms with Gasteiger partial charge < -0.3 is 9.47 Å². The van der Waals surface area contributed by atoms with E-state index in [1.165, 1.54) is 5.56 Å². The molecule has 1 aromatic rings. The van der Waals surface area contributed by atoms with Gasteiger partial charge in [0.15, 0.2) is 0 Å². The maximum atomic E-state index is 13.1. The lowest BCUT2D eigenvalue weighted by Crippen LogP contribution is -2.50. The van der Waals surface area contributed by atoms with E-state index in [0.717, 1.165) is 52.0 Å². The monoisotopic (exact) mass is 307 g/mol. The molecule has 2 saturated heterocycles. The van der Waals surface area contributed by atoms with Crippen molar-refractivity contribution in [3.8, 4) is 0 Å². The van der Waals surface area contributed by atoms with Crippen molar-refractivity contribution >= 4 is 0 Å². The summed E-state index contributed by atoms with van der Waals surface area (Å²) in [6.45, 7) is 3.96. The molecule has 4 heteroatoms. The molecule has 3 nitrogen and oxygen atoms in total. The molecule has 22 heavy (non-hydrogen) atoms. The molecule has 2 heterocycles. The van der Waals surface area contributed by atoms with Crippen LogP contribution in [0.5, 0.6) is 0 Å². The summed E-state index contributed by atoms with van der Waals surface area (Å²) in [5.41, 5.74) is 1.20. The topological polar surface area (TPSA) is 21.7 Å². The molecule has 122 valence electrons. The van der Waals surface area contributed by atoms with E-state index in [1.807, 2.05) is 19.2 Å². The quantitative estimate of drug-likeness (QED) is 0.854. The van der Waals surface area contributed by atoms with Crippen LogP contribution in [0, 0.1) is 11.7 Å². The summed E-state index contributed by atoms with van der Waals surface area (Å²) in [5.74, 6) is 0.312. The Morgan fingerprint density at radius 2 is 1.91 bits per heavy atom. The van der Waals surface area contributed by atoms with Gasteiger partial charge in [-0.15, -0.1) is 0 Å². The number of benzene rings is 1. The van der Waals surface area contributed by atoms with Crippen LogP contribution >= 0.6 is 0 Å². The van der Waals surface area contributed by atoms with Gasteiger partial charge in [-0.25, -0.2) is 4.39 Å². The van der Waals surface area contributed by atoms with Gasteiger partial charge in [0.2, 0.25) is 0 Å². The fraction of sp³-hybridized carbons (Fsp3) is 0.667. The first-order chi connectivity index (χ1) is 10.8. The second-order valence-corrected chi connectivity index (χ2v) is 6.49. The van der Waals surface area contributed by atoms with Crippen molar-refractivity contribution in [2.75, 3.05) is 33.4 Å². The van der Waals surface area contributed by atoms with E-state index in [-0.39, 0.29) is 5.82 Å². The summed E-state index contributed by atoms with van der Waals surface area (Å²) in [4.78, 5) is 2.62. The third-order valence-electron chi connectivity index (χ3n) is 5.12. The minimum absolute atomic E-state index is 0.167. The molecule has 0 bridgehead atoms. The molecule has 2 aliphatic rings. The van der Waals surface area contributed by atoms with E-state index in [9.17, 15) is 4.39 Å². The Labute approximate surface area is 132 Å². The summed E-state index contributed by atoms with van der Waals surface area (Å²) in [7, 11) is 1.81. The fourth-order valence-corrected chi connectivity index (χ4v) is 3.85. The van der Waals surface area contributed by atoms with Crippen molar-refractivity contribution in [1.29, 1.82) is 0 Å².